The Hall–Kier alpha value is -1.71. The average Bonchev–Trinajstić information content (AvgIpc) is 2.54. The molecule has 0 heterocycles. The fraction of sp³-hybridized carbons (Fsp3) is 0.632. The number of benzene rings is 1. The van der Waals surface area contributed by atoms with Gasteiger partial charge in [-0.15, -0.1) is 0 Å². The molecule has 0 aliphatic rings. The molecule has 0 bridgehead atoms. The molecular formula is C19H33N3O. The van der Waals surface area contributed by atoms with Gasteiger partial charge in [-0.3, -0.25) is 4.79 Å². The maximum Gasteiger partial charge on any atom is 0.222 e. The van der Waals surface area contributed by atoms with E-state index in [2.05, 4.69) is 30.9 Å². The number of nitrogens with two attached hydrogens (primary N) is 1. The molecule has 130 valence electrons. The van der Waals surface area contributed by atoms with Gasteiger partial charge in [-0.1, -0.05) is 19.9 Å². The Morgan fingerprint density at radius 2 is 1.65 bits per heavy atom. The summed E-state index contributed by atoms with van der Waals surface area (Å²) in [6.45, 7) is 12.0. The van der Waals surface area contributed by atoms with Gasteiger partial charge < -0.3 is 15.5 Å². The van der Waals surface area contributed by atoms with Gasteiger partial charge in [-0.2, -0.15) is 0 Å². The standard InChI is InChI=1S/C19H33N3O/c1-5-13-22(14-6-2)18-11-9-16(15-17(18)20)10-12-19(23)21(7-3)8-4/h9,11,15H,5-8,10,12-14,20H2,1-4H3. The molecule has 1 amide bonds. The minimum absolute atomic E-state index is 0.219. The Balaban J connectivity index is 2.73. The lowest BCUT2D eigenvalue weighted by atomic mass is 10.1. The summed E-state index contributed by atoms with van der Waals surface area (Å²) in [5.74, 6) is 0.219. The highest BCUT2D eigenvalue weighted by atomic mass is 16.2. The summed E-state index contributed by atoms with van der Waals surface area (Å²) >= 11 is 0. The smallest absolute Gasteiger partial charge is 0.222 e. The molecule has 0 atom stereocenters. The number of amides is 1. The summed E-state index contributed by atoms with van der Waals surface area (Å²) in [7, 11) is 0. The summed E-state index contributed by atoms with van der Waals surface area (Å²) in [5, 5.41) is 0. The molecule has 0 radical (unpaired) electrons. The van der Waals surface area contributed by atoms with E-state index in [1.54, 1.807) is 0 Å². The summed E-state index contributed by atoms with van der Waals surface area (Å²) in [4.78, 5) is 16.3. The van der Waals surface area contributed by atoms with Gasteiger partial charge in [0.05, 0.1) is 11.4 Å². The van der Waals surface area contributed by atoms with E-state index in [4.69, 9.17) is 5.73 Å². The third kappa shape index (κ3) is 5.77. The lowest BCUT2D eigenvalue weighted by Gasteiger charge is -2.25. The first-order valence-electron chi connectivity index (χ1n) is 8.98. The molecule has 1 aromatic rings. The van der Waals surface area contributed by atoms with Gasteiger partial charge in [0.1, 0.15) is 0 Å². The van der Waals surface area contributed by atoms with Gasteiger partial charge in [0.15, 0.2) is 0 Å². The van der Waals surface area contributed by atoms with E-state index in [9.17, 15) is 4.79 Å². The monoisotopic (exact) mass is 319 g/mol. The summed E-state index contributed by atoms with van der Waals surface area (Å²) in [6, 6.07) is 6.25. The second-order valence-electron chi connectivity index (χ2n) is 5.95. The molecule has 2 N–H and O–H groups in total. The lowest BCUT2D eigenvalue weighted by molar-refractivity contribution is -0.130. The molecule has 4 heteroatoms. The fourth-order valence-electron chi connectivity index (χ4n) is 2.93. The molecule has 4 nitrogen and oxygen atoms in total. The highest BCUT2D eigenvalue weighted by molar-refractivity contribution is 5.76. The molecule has 23 heavy (non-hydrogen) atoms. The molecular weight excluding hydrogens is 286 g/mol. The van der Waals surface area contributed by atoms with Crippen LogP contribution in [0.3, 0.4) is 0 Å². The number of anilines is 2. The van der Waals surface area contributed by atoms with Crippen LogP contribution in [0, 0.1) is 0 Å². The third-order valence-electron chi connectivity index (χ3n) is 4.16. The number of nitrogen functional groups attached to an aromatic ring is 1. The molecule has 1 rings (SSSR count). The first kappa shape index (κ1) is 19.3. The number of hydrogen-bond donors (Lipinski definition) is 1. The van der Waals surface area contributed by atoms with Crippen LogP contribution in [0.1, 0.15) is 52.5 Å². The highest BCUT2D eigenvalue weighted by Gasteiger charge is 2.12. The van der Waals surface area contributed by atoms with Crippen molar-refractivity contribution in [1.29, 1.82) is 0 Å². The van der Waals surface area contributed by atoms with Crippen molar-refractivity contribution in [3.05, 3.63) is 23.8 Å². The Bertz CT molecular complexity index is 478. The second kappa shape index (κ2) is 10.1. The first-order chi connectivity index (χ1) is 11.1. The summed E-state index contributed by atoms with van der Waals surface area (Å²) in [6.07, 6.45) is 3.52. The molecule has 0 saturated heterocycles. The van der Waals surface area contributed by atoms with Crippen LogP contribution < -0.4 is 10.6 Å². The molecule has 0 spiro atoms. The van der Waals surface area contributed by atoms with Gasteiger partial charge in [0.2, 0.25) is 5.91 Å². The maximum atomic E-state index is 12.1. The number of carbonyl (C=O) groups is 1. The van der Waals surface area contributed by atoms with Crippen molar-refractivity contribution in [2.75, 3.05) is 36.8 Å². The highest BCUT2D eigenvalue weighted by Crippen LogP contribution is 2.25. The Labute approximate surface area is 141 Å². The fourth-order valence-corrected chi connectivity index (χ4v) is 2.93. The quantitative estimate of drug-likeness (QED) is 0.669. The molecule has 0 aliphatic heterocycles. The second-order valence-corrected chi connectivity index (χ2v) is 5.95. The van der Waals surface area contributed by atoms with Crippen LogP contribution in [0.15, 0.2) is 18.2 Å². The van der Waals surface area contributed by atoms with Crippen molar-refractivity contribution in [3.63, 3.8) is 0 Å². The van der Waals surface area contributed by atoms with Gasteiger partial charge in [0, 0.05) is 32.6 Å². The van der Waals surface area contributed by atoms with Crippen LogP contribution in [-0.4, -0.2) is 37.0 Å². The zero-order chi connectivity index (χ0) is 17.2. The predicted octanol–water partition coefficient (Wildman–Crippen LogP) is 3.70. The van der Waals surface area contributed by atoms with Crippen molar-refractivity contribution in [1.82, 2.24) is 4.90 Å². The largest absolute Gasteiger partial charge is 0.397 e. The predicted molar refractivity (Wildman–Crippen MR) is 99.9 cm³/mol. The topological polar surface area (TPSA) is 49.6 Å². The lowest BCUT2D eigenvalue weighted by Crippen LogP contribution is -2.30. The number of rotatable bonds is 10. The van der Waals surface area contributed by atoms with Gasteiger partial charge in [0.25, 0.3) is 0 Å². The summed E-state index contributed by atoms with van der Waals surface area (Å²) < 4.78 is 0. The Morgan fingerprint density at radius 3 is 2.13 bits per heavy atom. The van der Waals surface area contributed by atoms with Crippen molar-refractivity contribution in [2.24, 2.45) is 0 Å². The van der Waals surface area contributed by atoms with Crippen molar-refractivity contribution >= 4 is 17.3 Å². The van der Waals surface area contributed by atoms with E-state index in [-0.39, 0.29) is 5.91 Å². The van der Waals surface area contributed by atoms with Crippen LogP contribution in [-0.2, 0) is 11.2 Å². The van der Waals surface area contributed by atoms with E-state index in [1.165, 1.54) is 0 Å². The van der Waals surface area contributed by atoms with E-state index >= 15 is 0 Å². The molecule has 0 fully saturated rings. The maximum absolute atomic E-state index is 12.1. The van der Waals surface area contributed by atoms with Crippen LogP contribution in [0.25, 0.3) is 0 Å². The first-order valence-corrected chi connectivity index (χ1v) is 8.98. The average molecular weight is 319 g/mol. The summed E-state index contributed by atoms with van der Waals surface area (Å²) in [5.41, 5.74) is 9.34. The molecule has 0 saturated carbocycles. The van der Waals surface area contributed by atoms with E-state index in [1.807, 2.05) is 24.8 Å². The van der Waals surface area contributed by atoms with Crippen LogP contribution >= 0.6 is 0 Å². The van der Waals surface area contributed by atoms with E-state index in [0.29, 0.717) is 6.42 Å². The third-order valence-corrected chi connectivity index (χ3v) is 4.16. The molecule has 1 aromatic carbocycles. The van der Waals surface area contributed by atoms with Crippen molar-refractivity contribution in [2.45, 2.75) is 53.4 Å². The number of carbonyl (C=O) groups excluding carboxylic acids is 1. The van der Waals surface area contributed by atoms with Gasteiger partial charge in [-0.05, 0) is 50.8 Å². The van der Waals surface area contributed by atoms with Crippen LogP contribution in [0.5, 0.6) is 0 Å². The zero-order valence-electron chi connectivity index (χ0n) is 15.3. The Morgan fingerprint density at radius 1 is 1.04 bits per heavy atom. The Kier molecular flexibility index (Phi) is 8.52. The van der Waals surface area contributed by atoms with Gasteiger partial charge >= 0.3 is 0 Å². The van der Waals surface area contributed by atoms with Gasteiger partial charge in [-0.25, -0.2) is 0 Å². The van der Waals surface area contributed by atoms with Crippen LogP contribution in [0.2, 0.25) is 0 Å². The number of aryl methyl sites for hydroxylation is 1. The van der Waals surface area contributed by atoms with E-state index in [0.717, 1.165) is 62.4 Å². The number of hydrogen-bond acceptors (Lipinski definition) is 3. The minimum Gasteiger partial charge on any atom is -0.397 e. The van der Waals surface area contributed by atoms with E-state index < -0.39 is 0 Å². The normalized spacial score (nSPS) is 10.6. The molecule has 0 aliphatic carbocycles. The minimum atomic E-state index is 0.219. The van der Waals surface area contributed by atoms with Crippen molar-refractivity contribution < 1.29 is 4.79 Å². The van der Waals surface area contributed by atoms with Crippen LogP contribution in [0.4, 0.5) is 11.4 Å². The SMILES string of the molecule is CCCN(CCC)c1ccc(CCC(=O)N(CC)CC)cc1N. The number of nitrogens with zero attached hydrogens (tertiary/aromatic N) is 2. The van der Waals surface area contributed by atoms with Crippen molar-refractivity contribution in [3.8, 4) is 0 Å². The zero-order valence-corrected chi connectivity index (χ0v) is 15.3. The molecule has 0 aromatic heterocycles. The molecule has 0 unspecified atom stereocenters.